The van der Waals surface area contributed by atoms with Gasteiger partial charge in [-0.25, -0.2) is 14.8 Å². The number of amides is 1. The van der Waals surface area contributed by atoms with E-state index >= 15 is 0 Å². The van der Waals surface area contributed by atoms with Crippen LogP contribution in [0.25, 0.3) is 28.2 Å². The van der Waals surface area contributed by atoms with Crippen LogP contribution in [0.15, 0.2) is 60.8 Å². The predicted molar refractivity (Wildman–Crippen MR) is 132 cm³/mol. The van der Waals surface area contributed by atoms with Crippen LogP contribution < -0.4 is 5.32 Å². The second kappa shape index (κ2) is 8.72. The number of alkyl carbamates (subject to hydrolysis) is 1. The van der Waals surface area contributed by atoms with Crippen molar-refractivity contribution in [1.29, 1.82) is 0 Å². The molecule has 2 atom stereocenters. The van der Waals surface area contributed by atoms with Gasteiger partial charge in [0.1, 0.15) is 16.9 Å². The number of ether oxygens (including phenoxy) is 1. The van der Waals surface area contributed by atoms with Crippen molar-refractivity contribution in [3.05, 3.63) is 71.6 Å². The van der Waals surface area contributed by atoms with E-state index in [0.717, 1.165) is 29.9 Å². The normalized spacial score (nSPS) is 17.9. The summed E-state index contributed by atoms with van der Waals surface area (Å²) in [5.41, 5.74) is 3.89. The lowest BCUT2D eigenvalue weighted by Crippen LogP contribution is -2.47. The summed E-state index contributed by atoms with van der Waals surface area (Å²) >= 11 is 6.12. The molecule has 5 rings (SSSR count). The fraction of sp³-hybridized carbons (Fsp3) is 0.308. The molecular weight excluding hydrogens is 450 g/mol. The number of carbonyl (C=O) groups excluding carboxylic acids is 1. The number of carbonyl (C=O) groups is 1. The molecule has 8 heteroatoms. The zero-order chi connectivity index (χ0) is 23.9. The third kappa shape index (κ3) is 4.48. The Morgan fingerprint density at radius 2 is 1.79 bits per heavy atom. The van der Waals surface area contributed by atoms with Gasteiger partial charge in [0.15, 0.2) is 5.65 Å². The summed E-state index contributed by atoms with van der Waals surface area (Å²) in [5, 5.41) is 3.19. The molecule has 0 saturated heterocycles. The lowest BCUT2D eigenvalue weighted by atomic mass is 9.75. The molecule has 0 radical (unpaired) electrons. The Morgan fingerprint density at radius 3 is 2.44 bits per heavy atom. The van der Waals surface area contributed by atoms with Crippen molar-refractivity contribution >= 4 is 28.9 Å². The highest BCUT2D eigenvalue weighted by molar-refractivity contribution is 6.28. The number of aromatic nitrogens is 4. The van der Waals surface area contributed by atoms with Gasteiger partial charge in [0.2, 0.25) is 5.28 Å². The largest absolute Gasteiger partial charge is 0.444 e. The van der Waals surface area contributed by atoms with Crippen LogP contribution in [-0.2, 0) is 4.74 Å². The number of benzene rings is 2. The maximum absolute atomic E-state index is 12.2. The first-order valence-corrected chi connectivity index (χ1v) is 11.7. The van der Waals surface area contributed by atoms with Gasteiger partial charge in [-0.05, 0) is 62.9 Å². The molecule has 2 unspecified atom stereocenters. The van der Waals surface area contributed by atoms with E-state index in [-0.39, 0.29) is 23.3 Å². The van der Waals surface area contributed by atoms with Crippen LogP contribution in [0.1, 0.15) is 45.1 Å². The summed E-state index contributed by atoms with van der Waals surface area (Å²) in [5.74, 6) is 1.03. The van der Waals surface area contributed by atoms with Crippen LogP contribution in [0.5, 0.6) is 0 Å². The van der Waals surface area contributed by atoms with Gasteiger partial charge in [0, 0.05) is 23.2 Å². The molecule has 174 valence electrons. The molecule has 0 aliphatic heterocycles. The maximum Gasteiger partial charge on any atom is 0.407 e. The van der Waals surface area contributed by atoms with E-state index in [9.17, 15) is 4.79 Å². The summed E-state index contributed by atoms with van der Waals surface area (Å²) in [7, 11) is 0. The van der Waals surface area contributed by atoms with Crippen LogP contribution >= 0.6 is 11.6 Å². The molecule has 1 saturated carbocycles. The first kappa shape index (κ1) is 22.3. The van der Waals surface area contributed by atoms with E-state index in [1.165, 1.54) is 5.56 Å². The SMILES string of the molecule is CC(C)(C)OC(=O)NC1CCC1c1ccc(-n2c(-c3ccccc3)nc3cnc(Cl)nc32)cc1. The highest BCUT2D eigenvalue weighted by Crippen LogP contribution is 2.38. The van der Waals surface area contributed by atoms with Crippen LogP contribution in [0.4, 0.5) is 4.79 Å². The molecule has 1 amide bonds. The minimum absolute atomic E-state index is 0.0706. The molecule has 2 aromatic carbocycles. The van der Waals surface area contributed by atoms with Gasteiger partial charge in [-0.3, -0.25) is 4.57 Å². The Bertz CT molecular complexity index is 1330. The van der Waals surface area contributed by atoms with Gasteiger partial charge in [-0.2, -0.15) is 4.98 Å². The monoisotopic (exact) mass is 475 g/mol. The molecule has 34 heavy (non-hydrogen) atoms. The lowest BCUT2D eigenvalue weighted by molar-refractivity contribution is 0.0466. The average molecular weight is 476 g/mol. The van der Waals surface area contributed by atoms with Crippen molar-refractivity contribution in [3.8, 4) is 17.1 Å². The zero-order valence-corrected chi connectivity index (χ0v) is 20.1. The van der Waals surface area contributed by atoms with E-state index in [0.29, 0.717) is 11.2 Å². The highest BCUT2D eigenvalue weighted by atomic mass is 35.5. The van der Waals surface area contributed by atoms with Crippen LogP contribution in [0, 0.1) is 0 Å². The number of rotatable bonds is 4. The van der Waals surface area contributed by atoms with Gasteiger partial charge in [-0.15, -0.1) is 0 Å². The van der Waals surface area contributed by atoms with Crippen LogP contribution in [0.3, 0.4) is 0 Å². The second-order valence-corrected chi connectivity index (χ2v) is 9.85. The number of halogens is 1. The van der Waals surface area contributed by atoms with Crippen LogP contribution in [0.2, 0.25) is 5.28 Å². The number of hydrogen-bond donors (Lipinski definition) is 1. The van der Waals surface area contributed by atoms with Gasteiger partial charge in [0.25, 0.3) is 0 Å². The molecule has 1 aliphatic carbocycles. The second-order valence-electron chi connectivity index (χ2n) is 9.51. The molecular formula is C26H26ClN5O2. The third-order valence-electron chi connectivity index (χ3n) is 5.96. The Labute approximate surface area is 203 Å². The Kier molecular flexibility index (Phi) is 5.73. The average Bonchev–Trinajstić information content (AvgIpc) is 3.15. The smallest absolute Gasteiger partial charge is 0.407 e. The minimum Gasteiger partial charge on any atom is -0.444 e. The third-order valence-corrected chi connectivity index (χ3v) is 6.14. The lowest BCUT2D eigenvalue weighted by Gasteiger charge is -2.38. The number of nitrogens with zero attached hydrogens (tertiary/aromatic N) is 4. The molecule has 0 bridgehead atoms. The van der Waals surface area contributed by atoms with Crippen molar-refractivity contribution in [2.75, 3.05) is 0 Å². The topological polar surface area (TPSA) is 81.9 Å². The quantitative estimate of drug-likeness (QED) is 0.371. The standard InChI is InChI=1S/C26H26ClN5O2/c1-26(2,3)34-25(33)30-20-14-13-19(20)16-9-11-18(12-10-16)32-22(17-7-5-4-6-8-17)29-21-15-28-24(27)31-23(21)32/h4-12,15,19-20H,13-14H2,1-3H3,(H,30,33). The van der Waals surface area contributed by atoms with E-state index in [1.807, 2.05) is 55.7 Å². The fourth-order valence-corrected chi connectivity index (χ4v) is 4.41. The van der Waals surface area contributed by atoms with Crippen molar-refractivity contribution in [3.63, 3.8) is 0 Å². The maximum atomic E-state index is 12.2. The van der Waals surface area contributed by atoms with E-state index < -0.39 is 5.60 Å². The van der Waals surface area contributed by atoms with Crippen molar-refractivity contribution in [2.24, 2.45) is 0 Å². The molecule has 2 heterocycles. The molecule has 2 aromatic heterocycles. The molecule has 1 N–H and O–H groups in total. The first-order chi connectivity index (χ1) is 16.3. The Balaban J connectivity index is 1.44. The summed E-state index contributed by atoms with van der Waals surface area (Å²) in [6.45, 7) is 5.60. The van der Waals surface area contributed by atoms with Crippen LogP contribution in [-0.4, -0.2) is 37.3 Å². The molecule has 4 aromatic rings. The molecule has 0 spiro atoms. The molecule has 1 aliphatic rings. The van der Waals surface area contributed by atoms with E-state index in [2.05, 4.69) is 39.6 Å². The minimum atomic E-state index is -0.512. The van der Waals surface area contributed by atoms with Gasteiger partial charge < -0.3 is 10.1 Å². The fourth-order valence-electron chi connectivity index (χ4n) is 4.28. The Morgan fingerprint density at radius 1 is 1.06 bits per heavy atom. The number of nitrogens with one attached hydrogen (secondary N) is 1. The molecule has 1 fully saturated rings. The van der Waals surface area contributed by atoms with E-state index in [4.69, 9.17) is 21.3 Å². The summed E-state index contributed by atoms with van der Waals surface area (Å²) in [6.07, 6.45) is 3.23. The Hall–Kier alpha value is -3.45. The number of imidazole rings is 1. The highest BCUT2D eigenvalue weighted by Gasteiger charge is 2.34. The first-order valence-electron chi connectivity index (χ1n) is 11.3. The summed E-state index contributed by atoms with van der Waals surface area (Å²) < 4.78 is 7.42. The van der Waals surface area contributed by atoms with E-state index in [1.54, 1.807) is 6.20 Å². The predicted octanol–water partition coefficient (Wildman–Crippen LogP) is 5.91. The van der Waals surface area contributed by atoms with Crippen molar-refractivity contribution < 1.29 is 9.53 Å². The van der Waals surface area contributed by atoms with Crippen molar-refractivity contribution in [1.82, 2.24) is 24.8 Å². The summed E-state index contributed by atoms with van der Waals surface area (Å²) in [6, 6.07) is 18.4. The van der Waals surface area contributed by atoms with Gasteiger partial charge in [-0.1, -0.05) is 42.5 Å². The summed E-state index contributed by atoms with van der Waals surface area (Å²) in [4.78, 5) is 25.5. The number of hydrogen-bond acceptors (Lipinski definition) is 5. The zero-order valence-electron chi connectivity index (χ0n) is 19.3. The van der Waals surface area contributed by atoms with Crippen molar-refractivity contribution in [2.45, 2.75) is 51.2 Å². The molecule has 7 nitrogen and oxygen atoms in total. The number of fused-ring (bicyclic) bond motifs is 1. The van der Waals surface area contributed by atoms with Gasteiger partial charge >= 0.3 is 6.09 Å². The van der Waals surface area contributed by atoms with Gasteiger partial charge in [0.05, 0.1) is 6.20 Å².